The molecule has 0 radical (unpaired) electrons. The lowest BCUT2D eigenvalue weighted by molar-refractivity contribution is -0.0643. The second-order valence-corrected chi connectivity index (χ2v) is 10.8. The lowest BCUT2D eigenvalue weighted by atomic mass is 9.60. The number of ether oxygens (including phenoxy) is 1. The van der Waals surface area contributed by atoms with Crippen molar-refractivity contribution in [2.45, 2.75) is 103 Å². The van der Waals surface area contributed by atoms with Crippen molar-refractivity contribution in [1.29, 1.82) is 5.41 Å². The van der Waals surface area contributed by atoms with Crippen molar-refractivity contribution in [3.63, 3.8) is 0 Å². The molecule has 1 heterocycles. The topological polar surface area (TPSA) is 97.5 Å². The molecule has 0 spiro atoms. The van der Waals surface area contributed by atoms with Crippen LogP contribution in [0.3, 0.4) is 0 Å². The molecule has 0 bridgehead atoms. The molecule has 0 saturated heterocycles. The van der Waals surface area contributed by atoms with Crippen molar-refractivity contribution >= 4 is 11.7 Å². The zero-order chi connectivity index (χ0) is 21.3. The lowest BCUT2D eigenvalue weighted by Crippen LogP contribution is -2.51. The summed E-state index contributed by atoms with van der Waals surface area (Å²) in [6.07, 6.45) is 17.8. The summed E-state index contributed by atoms with van der Waals surface area (Å²) in [5, 5.41) is 8.26. The zero-order valence-electron chi connectivity index (χ0n) is 19.0. The molecule has 1 aliphatic heterocycles. The third-order valence-electron chi connectivity index (χ3n) is 8.55. The first kappa shape index (κ1) is 21.9. The number of hydrogen-bond acceptors (Lipinski definition) is 4. The van der Waals surface area contributed by atoms with Gasteiger partial charge in [-0.15, -0.1) is 0 Å². The molecule has 3 saturated carbocycles. The van der Waals surface area contributed by atoms with Gasteiger partial charge >= 0.3 is 0 Å². The normalized spacial score (nSPS) is 40.7. The van der Waals surface area contributed by atoms with Gasteiger partial charge in [0.05, 0.1) is 18.1 Å². The first-order chi connectivity index (χ1) is 14.4. The molecule has 168 valence electrons. The van der Waals surface area contributed by atoms with Crippen LogP contribution in [-0.2, 0) is 4.74 Å². The van der Waals surface area contributed by atoms with Crippen LogP contribution < -0.4 is 11.5 Å². The van der Waals surface area contributed by atoms with Crippen molar-refractivity contribution in [3.05, 3.63) is 11.8 Å². The maximum atomic E-state index is 8.26. The Kier molecular flexibility index (Phi) is 6.57. The highest BCUT2D eigenvalue weighted by atomic mass is 16.5. The number of nitrogens with two attached hydrogens (primary N) is 2. The van der Waals surface area contributed by atoms with Crippen LogP contribution in [0.2, 0.25) is 0 Å². The highest BCUT2D eigenvalue weighted by Gasteiger charge is 2.47. The van der Waals surface area contributed by atoms with Crippen molar-refractivity contribution in [2.24, 2.45) is 45.5 Å². The highest BCUT2D eigenvalue weighted by molar-refractivity contribution is 6.05. The summed E-state index contributed by atoms with van der Waals surface area (Å²) in [6.45, 7) is 4.64. The molecular formula is C25H42N4O. The quantitative estimate of drug-likeness (QED) is 0.429. The smallest absolute Gasteiger partial charge is 0.111 e. The van der Waals surface area contributed by atoms with E-state index in [0.717, 1.165) is 31.6 Å². The molecule has 5 N–H and O–H groups in total. The number of nitrogens with zero attached hydrogens (tertiary/aromatic N) is 1. The van der Waals surface area contributed by atoms with E-state index in [1.54, 1.807) is 0 Å². The summed E-state index contributed by atoms with van der Waals surface area (Å²) >= 11 is 0. The first-order valence-electron chi connectivity index (χ1n) is 12.4. The highest BCUT2D eigenvalue weighted by Crippen LogP contribution is 2.50. The molecule has 3 aliphatic carbocycles. The molecule has 0 amide bonds. The Balaban J connectivity index is 1.45. The Hall–Kier alpha value is -1.36. The maximum Gasteiger partial charge on any atom is 0.111 e. The van der Waals surface area contributed by atoms with E-state index >= 15 is 0 Å². The molecule has 30 heavy (non-hydrogen) atoms. The van der Waals surface area contributed by atoms with Crippen molar-refractivity contribution in [3.8, 4) is 0 Å². The fraction of sp³-hybridized carbons (Fsp3) is 0.840. The molecule has 4 unspecified atom stereocenters. The van der Waals surface area contributed by atoms with E-state index in [1.807, 2.05) is 0 Å². The predicted octanol–water partition coefficient (Wildman–Crippen LogP) is 5.14. The minimum Gasteiger partial charge on any atom is -0.387 e. The third kappa shape index (κ3) is 4.46. The average molecular weight is 415 g/mol. The second-order valence-electron chi connectivity index (χ2n) is 10.8. The number of allylic oxidation sites excluding steroid dienone is 2. The predicted molar refractivity (Wildman–Crippen MR) is 123 cm³/mol. The summed E-state index contributed by atoms with van der Waals surface area (Å²) in [5.41, 5.74) is 13.5. The Morgan fingerprint density at radius 3 is 2.37 bits per heavy atom. The van der Waals surface area contributed by atoms with Gasteiger partial charge < -0.3 is 16.2 Å². The molecule has 5 heteroatoms. The van der Waals surface area contributed by atoms with Crippen LogP contribution in [0.25, 0.3) is 0 Å². The molecular weight excluding hydrogens is 372 g/mol. The second kappa shape index (κ2) is 9.02. The standard InChI is InChI=1S/C25H42N4O/c1-16-6-5-9-20(14-16)30-19-12-10-18(11-13-19)25(2)15-21(17-7-3-4-8-17)29-24(28)22(25)23(26)27/h15-20,22H,3-14H2,1-2H3,(H3,26,27)(H2,28,29). The summed E-state index contributed by atoms with van der Waals surface area (Å²) in [7, 11) is 0. The van der Waals surface area contributed by atoms with E-state index in [-0.39, 0.29) is 17.2 Å². The molecule has 0 aromatic heterocycles. The Morgan fingerprint density at radius 2 is 1.73 bits per heavy atom. The van der Waals surface area contributed by atoms with E-state index in [0.29, 0.717) is 29.9 Å². The van der Waals surface area contributed by atoms with Crippen molar-refractivity contribution in [2.75, 3.05) is 0 Å². The molecule has 0 aromatic rings. The van der Waals surface area contributed by atoms with Crippen LogP contribution in [-0.4, -0.2) is 23.9 Å². The summed E-state index contributed by atoms with van der Waals surface area (Å²) in [5.74, 6) is 2.26. The fourth-order valence-electron chi connectivity index (χ4n) is 6.84. The van der Waals surface area contributed by atoms with Gasteiger partial charge in [0.25, 0.3) is 0 Å². The molecule has 4 aliphatic rings. The van der Waals surface area contributed by atoms with Crippen LogP contribution in [0, 0.1) is 34.5 Å². The van der Waals surface area contributed by atoms with E-state index in [1.165, 1.54) is 57.1 Å². The van der Waals surface area contributed by atoms with E-state index in [2.05, 4.69) is 19.9 Å². The van der Waals surface area contributed by atoms with Gasteiger partial charge in [-0.05, 0) is 63.2 Å². The van der Waals surface area contributed by atoms with Gasteiger partial charge in [0, 0.05) is 17.0 Å². The molecule has 4 atom stereocenters. The summed E-state index contributed by atoms with van der Waals surface area (Å²) in [6, 6.07) is 0. The monoisotopic (exact) mass is 414 g/mol. The van der Waals surface area contributed by atoms with Gasteiger partial charge in [-0.3, -0.25) is 5.41 Å². The van der Waals surface area contributed by atoms with Crippen molar-refractivity contribution in [1.82, 2.24) is 0 Å². The Labute approximate surface area is 182 Å². The van der Waals surface area contributed by atoms with Gasteiger partial charge in [-0.2, -0.15) is 0 Å². The molecule has 3 fully saturated rings. The number of nitrogens with one attached hydrogen (secondary N) is 1. The van der Waals surface area contributed by atoms with Crippen LogP contribution in [0.4, 0.5) is 0 Å². The van der Waals surface area contributed by atoms with Crippen LogP contribution >= 0.6 is 0 Å². The van der Waals surface area contributed by atoms with Gasteiger partial charge in [0.2, 0.25) is 0 Å². The SMILES string of the molecule is CC1CCCC(OC2CCC(C3(C)C=C(C4CCCC4)N=C(N)C3C(=N)N)CC2)C1. The van der Waals surface area contributed by atoms with Crippen LogP contribution in [0.5, 0.6) is 0 Å². The summed E-state index contributed by atoms with van der Waals surface area (Å²) in [4.78, 5) is 4.77. The molecule has 0 aromatic carbocycles. The van der Waals surface area contributed by atoms with Gasteiger partial charge in [-0.1, -0.05) is 45.6 Å². The van der Waals surface area contributed by atoms with Crippen molar-refractivity contribution < 1.29 is 4.74 Å². The van der Waals surface area contributed by atoms with E-state index in [4.69, 9.17) is 26.6 Å². The fourth-order valence-corrected chi connectivity index (χ4v) is 6.84. The Bertz CT molecular complexity index is 687. The number of aliphatic imine (C=N–C) groups is 1. The third-order valence-corrected chi connectivity index (χ3v) is 8.55. The van der Waals surface area contributed by atoms with Gasteiger partial charge in [-0.25, -0.2) is 4.99 Å². The summed E-state index contributed by atoms with van der Waals surface area (Å²) < 4.78 is 6.54. The number of rotatable bonds is 5. The van der Waals surface area contributed by atoms with E-state index in [9.17, 15) is 0 Å². The van der Waals surface area contributed by atoms with Crippen LogP contribution in [0.1, 0.15) is 90.9 Å². The zero-order valence-corrected chi connectivity index (χ0v) is 19.0. The largest absolute Gasteiger partial charge is 0.387 e. The number of hydrogen-bond donors (Lipinski definition) is 3. The molecule has 5 nitrogen and oxygen atoms in total. The number of amidine groups is 2. The minimum atomic E-state index is -0.274. The first-order valence-corrected chi connectivity index (χ1v) is 12.4. The Morgan fingerprint density at radius 1 is 1.03 bits per heavy atom. The van der Waals surface area contributed by atoms with E-state index < -0.39 is 0 Å². The van der Waals surface area contributed by atoms with Crippen LogP contribution in [0.15, 0.2) is 16.8 Å². The lowest BCUT2D eigenvalue weighted by Gasteiger charge is -2.46. The molecule has 4 rings (SSSR count). The average Bonchev–Trinajstić information content (AvgIpc) is 3.22. The van der Waals surface area contributed by atoms with Gasteiger partial charge in [0.15, 0.2) is 0 Å². The maximum absolute atomic E-state index is 8.26. The van der Waals surface area contributed by atoms with Gasteiger partial charge in [0.1, 0.15) is 11.7 Å². The minimum absolute atomic E-state index is 0.162.